The van der Waals surface area contributed by atoms with Gasteiger partial charge < -0.3 is 14.7 Å². The molecule has 0 fully saturated rings. The first-order chi connectivity index (χ1) is 12.3. The molecule has 1 aromatic heterocycles. The summed E-state index contributed by atoms with van der Waals surface area (Å²) in [4.78, 5) is 17.3. The first-order valence-corrected chi connectivity index (χ1v) is 8.61. The molecule has 2 aromatic rings. The molecule has 0 atom stereocenters. The zero-order valence-corrected chi connectivity index (χ0v) is 15.9. The number of nitrogens with zero attached hydrogens (tertiary/aromatic N) is 2. The molecule has 2 rings (SSSR count). The number of carboxylic acid groups (broad SMARTS) is 1. The highest BCUT2D eigenvalue weighted by Gasteiger charge is 2.10. The van der Waals surface area contributed by atoms with Crippen LogP contribution in [0.4, 0.5) is 0 Å². The molecule has 136 valence electrons. The summed E-state index contributed by atoms with van der Waals surface area (Å²) in [6, 6.07) is 7.90. The topological polar surface area (TPSA) is 62.7 Å². The van der Waals surface area contributed by atoms with Crippen LogP contribution in [0, 0.1) is 11.8 Å². The molecule has 0 amide bonds. The maximum Gasteiger partial charge on any atom is 0.354 e. The van der Waals surface area contributed by atoms with Gasteiger partial charge in [-0.25, -0.2) is 9.78 Å². The van der Waals surface area contributed by atoms with Crippen molar-refractivity contribution in [1.29, 1.82) is 0 Å². The Labute approximate surface area is 162 Å². The molecule has 0 aliphatic carbocycles. The molecule has 1 aromatic carbocycles. The van der Waals surface area contributed by atoms with Crippen LogP contribution in [0.1, 0.15) is 28.2 Å². The van der Waals surface area contributed by atoms with E-state index in [0.717, 1.165) is 13.0 Å². The van der Waals surface area contributed by atoms with Gasteiger partial charge in [-0.3, -0.25) is 0 Å². The average molecular weight is 393 g/mol. The molecule has 5 nitrogen and oxygen atoms in total. The lowest BCUT2D eigenvalue weighted by Crippen LogP contribution is -2.16. The highest BCUT2D eigenvalue weighted by atomic mass is 35.5. The third-order valence-electron chi connectivity index (χ3n) is 3.27. The molecule has 0 radical (unpaired) electrons. The molecule has 7 heteroatoms. The second-order valence-electron chi connectivity index (χ2n) is 5.76. The SMILES string of the molecule is CN(C)CCCOc1ccc(C(=O)O)nc1C#Cc1cc(Cl)cc(Cl)c1. The monoisotopic (exact) mass is 392 g/mol. The van der Waals surface area contributed by atoms with Gasteiger partial charge in [-0.05, 0) is 56.8 Å². The van der Waals surface area contributed by atoms with Gasteiger partial charge in [0.25, 0.3) is 0 Å². The third kappa shape index (κ3) is 6.23. The van der Waals surface area contributed by atoms with Gasteiger partial charge >= 0.3 is 5.97 Å². The molecule has 0 unspecified atom stereocenters. The van der Waals surface area contributed by atoms with Crippen LogP contribution in [-0.2, 0) is 0 Å². The van der Waals surface area contributed by atoms with Crippen molar-refractivity contribution in [1.82, 2.24) is 9.88 Å². The number of ether oxygens (including phenoxy) is 1. The number of aromatic carboxylic acids is 1. The number of carbonyl (C=O) groups is 1. The van der Waals surface area contributed by atoms with E-state index < -0.39 is 5.97 Å². The van der Waals surface area contributed by atoms with E-state index in [0.29, 0.717) is 28.0 Å². The Morgan fingerprint density at radius 1 is 1.19 bits per heavy atom. The summed E-state index contributed by atoms with van der Waals surface area (Å²) in [7, 11) is 3.96. The van der Waals surface area contributed by atoms with E-state index in [4.69, 9.17) is 33.0 Å². The van der Waals surface area contributed by atoms with Crippen LogP contribution in [0.3, 0.4) is 0 Å². The van der Waals surface area contributed by atoms with Gasteiger partial charge in [0.15, 0.2) is 11.4 Å². The largest absolute Gasteiger partial charge is 0.491 e. The van der Waals surface area contributed by atoms with Gasteiger partial charge in [0.2, 0.25) is 0 Å². The van der Waals surface area contributed by atoms with Crippen molar-refractivity contribution in [2.24, 2.45) is 0 Å². The van der Waals surface area contributed by atoms with E-state index in [1.807, 2.05) is 14.1 Å². The quantitative estimate of drug-likeness (QED) is 0.597. The standard InChI is InChI=1S/C19H18Cl2N2O3/c1-23(2)8-3-9-26-18-7-6-17(19(24)25)22-16(18)5-4-13-10-14(20)12-15(21)11-13/h6-7,10-12H,3,8-9H2,1-2H3,(H,24,25). The fourth-order valence-electron chi connectivity index (χ4n) is 2.09. The molecule has 1 N–H and O–H groups in total. The lowest BCUT2D eigenvalue weighted by molar-refractivity contribution is 0.0690. The normalized spacial score (nSPS) is 10.3. The van der Waals surface area contributed by atoms with Crippen LogP contribution in [0.15, 0.2) is 30.3 Å². The third-order valence-corrected chi connectivity index (χ3v) is 3.71. The zero-order chi connectivity index (χ0) is 19.1. The summed E-state index contributed by atoms with van der Waals surface area (Å²) in [5, 5.41) is 10.1. The molecule has 0 spiro atoms. The second kappa shape index (κ2) is 9.44. The minimum absolute atomic E-state index is 0.0981. The molecule has 0 aliphatic heterocycles. The summed E-state index contributed by atoms with van der Waals surface area (Å²) < 4.78 is 5.72. The number of benzene rings is 1. The number of aromatic nitrogens is 1. The van der Waals surface area contributed by atoms with Crippen LogP contribution in [0.2, 0.25) is 10.0 Å². The zero-order valence-electron chi connectivity index (χ0n) is 14.4. The predicted octanol–water partition coefficient (Wildman–Crippen LogP) is 3.82. The lowest BCUT2D eigenvalue weighted by Gasteiger charge is -2.11. The first-order valence-electron chi connectivity index (χ1n) is 7.85. The molecule has 0 saturated heterocycles. The van der Waals surface area contributed by atoms with Gasteiger partial charge in [-0.1, -0.05) is 29.1 Å². The van der Waals surface area contributed by atoms with Crippen molar-refractivity contribution in [2.75, 3.05) is 27.2 Å². The highest BCUT2D eigenvalue weighted by Crippen LogP contribution is 2.20. The minimum Gasteiger partial charge on any atom is -0.491 e. The molecular formula is C19H18Cl2N2O3. The smallest absolute Gasteiger partial charge is 0.354 e. The van der Waals surface area contributed by atoms with Crippen LogP contribution >= 0.6 is 23.2 Å². The van der Waals surface area contributed by atoms with Crippen molar-refractivity contribution < 1.29 is 14.6 Å². The molecular weight excluding hydrogens is 375 g/mol. The fraction of sp³-hybridized carbons (Fsp3) is 0.263. The minimum atomic E-state index is -1.13. The Morgan fingerprint density at radius 3 is 2.50 bits per heavy atom. The van der Waals surface area contributed by atoms with E-state index in [-0.39, 0.29) is 11.4 Å². The summed E-state index contributed by atoms with van der Waals surface area (Å²) in [5.41, 5.74) is 0.758. The van der Waals surface area contributed by atoms with Crippen LogP contribution in [0.25, 0.3) is 0 Å². The Kier molecular flexibility index (Phi) is 7.28. The van der Waals surface area contributed by atoms with Crippen molar-refractivity contribution in [3.8, 4) is 17.6 Å². The van der Waals surface area contributed by atoms with Gasteiger partial charge in [0.05, 0.1) is 6.61 Å². The maximum absolute atomic E-state index is 11.2. The summed E-state index contributed by atoms with van der Waals surface area (Å²) in [5.74, 6) is 5.06. The number of hydrogen-bond donors (Lipinski definition) is 1. The van der Waals surface area contributed by atoms with E-state index >= 15 is 0 Å². The van der Waals surface area contributed by atoms with Crippen LogP contribution in [0.5, 0.6) is 5.75 Å². The Hall–Kier alpha value is -2.26. The van der Waals surface area contributed by atoms with Crippen molar-refractivity contribution in [3.63, 3.8) is 0 Å². The van der Waals surface area contributed by atoms with Crippen molar-refractivity contribution in [2.45, 2.75) is 6.42 Å². The van der Waals surface area contributed by atoms with Gasteiger partial charge in [-0.15, -0.1) is 0 Å². The summed E-state index contributed by atoms with van der Waals surface area (Å²) >= 11 is 11.9. The van der Waals surface area contributed by atoms with Crippen LogP contribution < -0.4 is 4.74 Å². The Balaban J connectivity index is 2.27. The van der Waals surface area contributed by atoms with E-state index in [1.54, 1.807) is 24.3 Å². The number of hydrogen-bond acceptors (Lipinski definition) is 4. The maximum atomic E-state index is 11.2. The second-order valence-corrected chi connectivity index (χ2v) is 6.63. The molecule has 1 heterocycles. The first kappa shape index (κ1) is 20.1. The van der Waals surface area contributed by atoms with Gasteiger partial charge in [0, 0.05) is 22.2 Å². The van der Waals surface area contributed by atoms with Crippen molar-refractivity contribution >= 4 is 29.2 Å². The molecule has 0 bridgehead atoms. The Morgan fingerprint density at radius 2 is 1.88 bits per heavy atom. The highest BCUT2D eigenvalue weighted by molar-refractivity contribution is 6.34. The lowest BCUT2D eigenvalue weighted by atomic mass is 10.2. The molecule has 0 aliphatic rings. The molecule has 0 saturated carbocycles. The summed E-state index contributed by atoms with van der Waals surface area (Å²) in [6.45, 7) is 1.35. The van der Waals surface area contributed by atoms with Crippen molar-refractivity contribution in [3.05, 3.63) is 57.3 Å². The fourth-order valence-corrected chi connectivity index (χ4v) is 2.62. The number of pyridine rings is 1. The predicted molar refractivity (Wildman–Crippen MR) is 102 cm³/mol. The van der Waals surface area contributed by atoms with Gasteiger partial charge in [-0.2, -0.15) is 0 Å². The van der Waals surface area contributed by atoms with E-state index in [9.17, 15) is 4.79 Å². The van der Waals surface area contributed by atoms with E-state index in [2.05, 4.69) is 21.7 Å². The number of carboxylic acids is 1. The Bertz CT molecular complexity index is 837. The van der Waals surface area contributed by atoms with Gasteiger partial charge in [0.1, 0.15) is 5.69 Å². The van der Waals surface area contributed by atoms with E-state index in [1.165, 1.54) is 6.07 Å². The average Bonchev–Trinajstić information content (AvgIpc) is 2.56. The number of rotatable bonds is 6. The summed E-state index contributed by atoms with van der Waals surface area (Å²) in [6.07, 6.45) is 0.824. The number of halogens is 2. The van der Waals surface area contributed by atoms with Crippen LogP contribution in [-0.4, -0.2) is 48.2 Å². The molecule has 26 heavy (non-hydrogen) atoms.